The van der Waals surface area contributed by atoms with Crippen molar-refractivity contribution < 1.29 is 19.1 Å². The van der Waals surface area contributed by atoms with Gasteiger partial charge in [0.25, 0.3) is 5.91 Å². The molecule has 41 heavy (non-hydrogen) atoms. The van der Waals surface area contributed by atoms with E-state index >= 15 is 0 Å². The summed E-state index contributed by atoms with van der Waals surface area (Å²) in [5, 5.41) is 2.92. The van der Waals surface area contributed by atoms with E-state index in [2.05, 4.69) is 53.8 Å². The number of ketones is 2. The number of rotatable bonds is 5. The number of benzene rings is 2. The number of hydrogen-bond acceptors (Lipinski definition) is 5. The number of carbonyl (C=O) groups is 3. The molecular weight excluding hydrogens is 580 g/mol. The van der Waals surface area contributed by atoms with Gasteiger partial charge in [0.2, 0.25) is 0 Å². The predicted octanol–water partition coefficient (Wildman–Crippen LogP) is 7.40. The highest BCUT2D eigenvalue weighted by atomic mass is 79.9. The SMILES string of the molecule is Cc1ccc(C)c(NC(=O)COc2ccc(C3C4=C(CC(C)(C)CC4=O)N(C)C4=C3C(=O)CC(C)(C)C4)cc2Br)c1. The van der Waals surface area contributed by atoms with Crippen molar-refractivity contribution >= 4 is 39.1 Å². The van der Waals surface area contributed by atoms with E-state index in [1.54, 1.807) is 0 Å². The molecule has 0 atom stereocenters. The van der Waals surface area contributed by atoms with Gasteiger partial charge >= 0.3 is 0 Å². The number of allylic oxidation sites excluding steroid dienone is 4. The van der Waals surface area contributed by atoms with Crippen molar-refractivity contribution in [3.63, 3.8) is 0 Å². The van der Waals surface area contributed by atoms with Crippen LogP contribution in [0.3, 0.4) is 0 Å². The monoisotopic (exact) mass is 618 g/mol. The van der Waals surface area contributed by atoms with Crippen LogP contribution in [0, 0.1) is 24.7 Å². The second-order valence-electron chi connectivity index (χ2n) is 13.4. The third-order valence-electron chi connectivity index (χ3n) is 8.50. The summed E-state index contributed by atoms with van der Waals surface area (Å²) in [7, 11) is 2.01. The zero-order chi connectivity index (χ0) is 29.9. The van der Waals surface area contributed by atoms with E-state index in [9.17, 15) is 14.4 Å². The van der Waals surface area contributed by atoms with Gasteiger partial charge in [0.15, 0.2) is 18.2 Å². The van der Waals surface area contributed by atoms with Crippen LogP contribution in [0.2, 0.25) is 0 Å². The fourth-order valence-corrected chi connectivity index (χ4v) is 7.02. The minimum absolute atomic E-state index is 0.108. The van der Waals surface area contributed by atoms with E-state index in [1.165, 1.54) is 0 Å². The molecular formula is C34H39BrN2O4. The molecule has 1 heterocycles. The highest BCUT2D eigenvalue weighted by Gasteiger charge is 2.48. The Labute approximate surface area is 251 Å². The molecule has 2 aromatic carbocycles. The fourth-order valence-electron chi connectivity index (χ4n) is 6.51. The smallest absolute Gasteiger partial charge is 0.262 e. The molecule has 7 heteroatoms. The minimum atomic E-state index is -0.415. The van der Waals surface area contributed by atoms with Crippen molar-refractivity contribution in [3.8, 4) is 5.75 Å². The van der Waals surface area contributed by atoms with Crippen LogP contribution >= 0.6 is 15.9 Å². The lowest BCUT2D eigenvalue weighted by Gasteiger charge is -2.47. The summed E-state index contributed by atoms with van der Waals surface area (Å²) in [5.74, 6) is 0.0730. The molecule has 2 aromatic rings. The first kappa shape index (κ1) is 29.3. The number of nitrogens with zero attached hydrogens (tertiary/aromatic N) is 1. The predicted molar refractivity (Wildman–Crippen MR) is 165 cm³/mol. The summed E-state index contributed by atoms with van der Waals surface area (Å²) in [4.78, 5) is 42.2. The topological polar surface area (TPSA) is 75.7 Å². The van der Waals surface area contributed by atoms with E-state index in [1.807, 2.05) is 57.3 Å². The Bertz CT molecular complexity index is 1480. The fraction of sp³-hybridized carbons (Fsp3) is 0.441. The lowest BCUT2D eigenvalue weighted by Crippen LogP contribution is -2.43. The summed E-state index contributed by atoms with van der Waals surface area (Å²) in [5.41, 5.74) is 6.95. The van der Waals surface area contributed by atoms with Crippen LogP contribution < -0.4 is 10.1 Å². The second kappa shape index (κ2) is 10.6. The molecule has 1 aliphatic heterocycles. The van der Waals surface area contributed by atoms with Crippen LogP contribution in [0.5, 0.6) is 5.75 Å². The van der Waals surface area contributed by atoms with E-state index < -0.39 is 5.92 Å². The largest absolute Gasteiger partial charge is 0.483 e. The highest BCUT2D eigenvalue weighted by Crippen LogP contribution is 2.54. The molecule has 1 amide bonds. The first-order valence-corrected chi connectivity index (χ1v) is 15.0. The molecule has 0 aromatic heterocycles. The Morgan fingerprint density at radius 2 is 1.51 bits per heavy atom. The third-order valence-corrected chi connectivity index (χ3v) is 9.11. The number of aryl methyl sites for hydroxylation is 2. The van der Waals surface area contributed by atoms with Gasteiger partial charge in [-0.05, 0) is 88.3 Å². The van der Waals surface area contributed by atoms with Crippen LogP contribution in [0.1, 0.15) is 76.0 Å². The van der Waals surface area contributed by atoms with Gasteiger partial charge in [-0.2, -0.15) is 0 Å². The second-order valence-corrected chi connectivity index (χ2v) is 14.3. The highest BCUT2D eigenvalue weighted by molar-refractivity contribution is 9.10. The summed E-state index contributed by atoms with van der Waals surface area (Å²) in [6.45, 7) is 12.3. The van der Waals surface area contributed by atoms with Gasteiger partial charge in [-0.15, -0.1) is 0 Å². The molecule has 0 saturated heterocycles. The number of hydrogen-bond donors (Lipinski definition) is 1. The Kier molecular flexibility index (Phi) is 7.56. The average molecular weight is 620 g/mol. The molecule has 0 radical (unpaired) electrons. The quantitative estimate of drug-likeness (QED) is 0.378. The van der Waals surface area contributed by atoms with E-state index in [-0.39, 0.29) is 34.9 Å². The van der Waals surface area contributed by atoms with Crippen molar-refractivity contribution in [1.82, 2.24) is 4.90 Å². The number of halogens is 1. The van der Waals surface area contributed by atoms with Gasteiger partial charge in [0.05, 0.1) is 4.47 Å². The zero-order valence-electron chi connectivity index (χ0n) is 25.0. The Hall–Kier alpha value is -3.19. The standard InChI is InChI=1S/C34H39BrN2O4/c1-19-8-9-20(2)23(12-19)36-29(40)18-41-28-11-10-21(13-22(28)35)30-31-24(14-33(3,4)16-26(31)38)37(7)25-15-34(5,6)17-27(39)32(25)30/h8-13,30H,14-18H2,1-7H3,(H,36,40). The molecule has 3 aliphatic rings. The number of ether oxygens (including phenoxy) is 1. The number of anilines is 1. The van der Waals surface area contributed by atoms with Gasteiger partial charge in [-0.25, -0.2) is 0 Å². The lowest BCUT2D eigenvalue weighted by molar-refractivity contribution is -0.120. The van der Waals surface area contributed by atoms with E-state index in [0.717, 1.165) is 57.8 Å². The Morgan fingerprint density at radius 1 is 0.927 bits per heavy atom. The molecule has 216 valence electrons. The zero-order valence-corrected chi connectivity index (χ0v) is 26.6. The summed E-state index contributed by atoms with van der Waals surface area (Å²) in [6.07, 6.45) is 2.47. The molecule has 0 unspecified atom stereocenters. The Balaban J connectivity index is 1.46. The van der Waals surface area contributed by atoms with Crippen molar-refractivity contribution in [3.05, 3.63) is 80.1 Å². The summed E-state index contributed by atoms with van der Waals surface area (Å²) >= 11 is 3.64. The number of amides is 1. The van der Waals surface area contributed by atoms with Crippen LogP contribution in [-0.4, -0.2) is 36.0 Å². The van der Waals surface area contributed by atoms with Gasteiger partial charge in [-0.1, -0.05) is 45.9 Å². The molecule has 0 bridgehead atoms. The summed E-state index contributed by atoms with van der Waals surface area (Å²) in [6, 6.07) is 11.6. The minimum Gasteiger partial charge on any atom is -0.483 e. The normalized spacial score (nSPS) is 20.1. The van der Waals surface area contributed by atoms with E-state index in [4.69, 9.17) is 4.74 Å². The molecule has 5 rings (SSSR count). The maximum atomic E-state index is 13.7. The first-order valence-electron chi connectivity index (χ1n) is 14.2. The first-order chi connectivity index (χ1) is 19.2. The van der Waals surface area contributed by atoms with Gasteiger partial charge in [-0.3, -0.25) is 14.4 Å². The van der Waals surface area contributed by atoms with Crippen LogP contribution in [-0.2, 0) is 14.4 Å². The van der Waals surface area contributed by atoms with Crippen LogP contribution in [0.15, 0.2) is 63.4 Å². The molecule has 2 aliphatic carbocycles. The van der Waals surface area contributed by atoms with Crippen molar-refractivity contribution in [2.45, 2.75) is 73.1 Å². The van der Waals surface area contributed by atoms with Gasteiger partial charge < -0.3 is 15.0 Å². The van der Waals surface area contributed by atoms with Crippen molar-refractivity contribution in [1.29, 1.82) is 0 Å². The lowest BCUT2D eigenvalue weighted by atomic mass is 9.64. The molecule has 0 saturated carbocycles. The summed E-state index contributed by atoms with van der Waals surface area (Å²) < 4.78 is 6.56. The Morgan fingerprint density at radius 3 is 2.07 bits per heavy atom. The number of Topliss-reactive ketones (excluding diaryl/α,β-unsaturated/α-hetero) is 2. The molecule has 0 fully saturated rings. The molecule has 0 spiro atoms. The van der Waals surface area contributed by atoms with Gasteiger partial charge in [0.1, 0.15) is 5.75 Å². The number of nitrogens with one attached hydrogen (secondary N) is 1. The van der Waals surface area contributed by atoms with Crippen LogP contribution in [0.4, 0.5) is 5.69 Å². The van der Waals surface area contributed by atoms with Gasteiger partial charge in [0, 0.05) is 54.0 Å². The van der Waals surface area contributed by atoms with E-state index in [0.29, 0.717) is 23.1 Å². The van der Waals surface area contributed by atoms with Crippen molar-refractivity contribution in [2.75, 3.05) is 19.0 Å². The van der Waals surface area contributed by atoms with Crippen molar-refractivity contribution in [2.24, 2.45) is 10.8 Å². The maximum Gasteiger partial charge on any atom is 0.262 e. The van der Waals surface area contributed by atoms with Crippen LogP contribution in [0.25, 0.3) is 0 Å². The molecule has 1 N–H and O–H groups in total. The average Bonchev–Trinajstić information content (AvgIpc) is 2.85. The maximum absolute atomic E-state index is 13.7. The third kappa shape index (κ3) is 5.78. The number of carbonyl (C=O) groups excluding carboxylic acids is 3. The molecule has 6 nitrogen and oxygen atoms in total.